The summed E-state index contributed by atoms with van der Waals surface area (Å²) in [5.41, 5.74) is 3.25. The minimum absolute atomic E-state index is 0.0467. The van der Waals surface area contributed by atoms with Crippen LogP contribution in [0.1, 0.15) is 53.3 Å². The summed E-state index contributed by atoms with van der Waals surface area (Å²) in [5, 5.41) is 2.07. The maximum absolute atomic E-state index is 13.4. The summed E-state index contributed by atoms with van der Waals surface area (Å²) in [7, 11) is 5.11. The van der Waals surface area contributed by atoms with Gasteiger partial charge in [0.15, 0.2) is 17.2 Å². The number of carbonyl (C=O) groups is 1. The van der Waals surface area contributed by atoms with Gasteiger partial charge in [-0.2, -0.15) is 0 Å². The summed E-state index contributed by atoms with van der Waals surface area (Å²) in [6.45, 7) is 6.07. The van der Waals surface area contributed by atoms with Crippen molar-refractivity contribution in [1.29, 1.82) is 0 Å². The second-order valence-corrected chi connectivity index (χ2v) is 9.47. The number of imidazole rings is 1. The number of thiophene rings is 1. The van der Waals surface area contributed by atoms with Gasteiger partial charge in [0.25, 0.3) is 5.91 Å². The van der Waals surface area contributed by atoms with Crippen LogP contribution in [0.3, 0.4) is 0 Å². The lowest BCUT2D eigenvalue weighted by Crippen LogP contribution is -2.43. The van der Waals surface area contributed by atoms with E-state index in [9.17, 15) is 4.79 Å². The molecule has 0 radical (unpaired) electrons. The summed E-state index contributed by atoms with van der Waals surface area (Å²) in [6, 6.07) is 8.17. The number of fused-ring (bicyclic) bond motifs is 3. The minimum atomic E-state index is -0.296. The average molecular weight is 426 g/mol. The Labute approximate surface area is 181 Å². The van der Waals surface area contributed by atoms with E-state index in [2.05, 4.69) is 16.4 Å². The van der Waals surface area contributed by atoms with Crippen LogP contribution in [0, 0.1) is 0 Å². The number of hydrogen-bond donors (Lipinski definition) is 0. The highest BCUT2D eigenvalue weighted by Crippen LogP contribution is 2.43. The molecule has 30 heavy (non-hydrogen) atoms. The van der Waals surface area contributed by atoms with Crippen LogP contribution in [0.5, 0.6) is 11.5 Å². The predicted molar refractivity (Wildman–Crippen MR) is 118 cm³/mol. The van der Waals surface area contributed by atoms with Gasteiger partial charge in [0.1, 0.15) is 6.33 Å². The molecule has 6 nitrogen and oxygen atoms in total. The van der Waals surface area contributed by atoms with E-state index in [1.54, 1.807) is 36.8 Å². The van der Waals surface area contributed by atoms with Crippen LogP contribution in [-0.4, -0.2) is 47.2 Å². The molecule has 3 aromatic rings. The lowest BCUT2D eigenvalue weighted by Gasteiger charge is -2.33. The molecule has 1 amide bonds. The van der Waals surface area contributed by atoms with Gasteiger partial charge < -0.3 is 18.9 Å². The Balaban J connectivity index is 1.92. The molecular weight excluding hydrogens is 398 g/mol. The topological polar surface area (TPSA) is 56.6 Å². The number of ether oxygens (including phenoxy) is 2. The van der Waals surface area contributed by atoms with Crippen LogP contribution in [0.25, 0.3) is 5.69 Å². The van der Waals surface area contributed by atoms with E-state index >= 15 is 0 Å². The van der Waals surface area contributed by atoms with Crippen LogP contribution < -0.4 is 9.47 Å². The molecule has 1 atom stereocenters. The van der Waals surface area contributed by atoms with Crippen LogP contribution in [0.4, 0.5) is 0 Å². The highest BCUT2D eigenvalue weighted by molar-refractivity contribution is 7.10. The summed E-state index contributed by atoms with van der Waals surface area (Å²) < 4.78 is 13.1. The molecule has 1 aliphatic rings. The molecule has 2 aromatic heterocycles. The van der Waals surface area contributed by atoms with E-state index in [4.69, 9.17) is 9.47 Å². The second kappa shape index (κ2) is 7.47. The van der Waals surface area contributed by atoms with Crippen molar-refractivity contribution in [2.75, 3.05) is 21.3 Å². The zero-order chi connectivity index (χ0) is 21.6. The van der Waals surface area contributed by atoms with Gasteiger partial charge in [0.2, 0.25) is 0 Å². The summed E-state index contributed by atoms with van der Waals surface area (Å²) in [4.78, 5) is 20.9. The Morgan fingerprint density at radius 2 is 1.93 bits per heavy atom. The van der Waals surface area contributed by atoms with E-state index in [0.29, 0.717) is 17.2 Å². The Kier molecular flexibility index (Phi) is 5.10. The summed E-state index contributed by atoms with van der Waals surface area (Å²) in [5.74, 6) is 1.34. The van der Waals surface area contributed by atoms with Gasteiger partial charge in [-0.25, -0.2) is 4.98 Å². The van der Waals surface area contributed by atoms with E-state index in [1.807, 2.05) is 50.6 Å². The normalized spacial score (nSPS) is 15.3. The summed E-state index contributed by atoms with van der Waals surface area (Å²) in [6.07, 6.45) is 2.52. The molecule has 0 spiro atoms. The number of hydrogen-bond acceptors (Lipinski definition) is 5. The van der Waals surface area contributed by atoms with Gasteiger partial charge in [-0.15, -0.1) is 11.3 Å². The first-order valence-electron chi connectivity index (χ1n) is 9.90. The first-order chi connectivity index (χ1) is 14.3. The highest BCUT2D eigenvalue weighted by Gasteiger charge is 2.36. The number of amides is 1. The smallest absolute Gasteiger partial charge is 0.274 e. The van der Waals surface area contributed by atoms with Gasteiger partial charge in [-0.3, -0.25) is 4.79 Å². The first-order valence-corrected chi connectivity index (χ1v) is 10.8. The number of nitrogens with zero attached hydrogens (tertiary/aromatic N) is 3. The van der Waals surface area contributed by atoms with E-state index in [1.165, 1.54) is 4.88 Å². The van der Waals surface area contributed by atoms with E-state index in [-0.39, 0.29) is 17.4 Å². The van der Waals surface area contributed by atoms with Crippen LogP contribution >= 0.6 is 11.3 Å². The Hall–Kier alpha value is -2.80. The van der Waals surface area contributed by atoms with Crippen molar-refractivity contribution in [2.45, 2.75) is 38.6 Å². The maximum Gasteiger partial charge on any atom is 0.274 e. The third-order valence-corrected chi connectivity index (χ3v) is 6.79. The fourth-order valence-corrected chi connectivity index (χ4v) is 4.68. The predicted octanol–water partition coefficient (Wildman–Crippen LogP) is 4.51. The fraction of sp³-hybridized carbons (Fsp3) is 0.391. The molecule has 158 valence electrons. The molecule has 0 saturated carbocycles. The van der Waals surface area contributed by atoms with Crippen molar-refractivity contribution >= 4 is 17.2 Å². The number of carbonyl (C=O) groups excluding carboxylic acids is 1. The molecule has 0 N–H and O–H groups in total. The molecule has 7 heteroatoms. The SMILES string of the molecule is COc1cc2c(cc1OC)-n1cnc(C(=O)N(C)C(C)(C)C)c1C(c1cccs1)C2. The van der Waals surface area contributed by atoms with Gasteiger partial charge in [-0.05, 0) is 50.3 Å². The molecular formula is C23H27N3O3S. The third kappa shape index (κ3) is 3.27. The average Bonchev–Trinajstić information content (AvgIpc) is 3.40. The van der Waals surface area contributed by atoms with Crippen molar-refractivity contribution in [3.05, 3.63) is 57.8 Å². The molecule has 0 saturated heterocycles. The van der Waals surface area contributed by atoms with E-state index in [0.717, 1.165) is 23.4 Å². The van der Waals surface area contributed by atoms with Crippen molar-refractivity contribution < 1.29 is 14.3 Å². The van der Waals surface area contributed by atoms with Crippen LogP contribution in [-0.2, 0) is 6.42 Å². The Morgan fingerprint density at radius 3 is 2.53 bits per heavy atom. The summed E-state index contributed by atoms with van der Waals surface area (Å²) >= 11 is 1.70. The highest BCUT2D eigenvalue weighted by atomic mass is 32.1. The quantitative estimate of drug-likeness (QED) is 0.617. The molecule has 0 fully saturated rings. The fourth-order valence-electron chi connectivity index (χ4n) is 3.85. The van der Waals surface area contributed by atoms with Gasteiger partial charge in [0.05, 0.1) is 25.6 Å². The van der Waals surface area contributed by atoms with Crippen molar-refractivity contribution in [2.24, 2.45) is 0 Å². The van der Waals surface area contributed by atoms with Gasteiger partial charge in [-0.1, -0.05) is 6.07 Å². The zero-order valence-corrected chi connectivity index (χ0v) is 19.0. The molecule has 3 heterocycles. The molecule has 4 rings (SSSR count). The minimum Gasteiger partial charge on any atom is -0.493 e. The largest absolute Gasteiger partial charge is 0.493 e. The van der Waals surface area contributed by atoms with Crippen LogP contribution in [0.15, 0.2) is 36.0 Å². The number of rotatable bonds is 4. The third-order valence-electron chi connectivity index (χ3n) is 5.80. The standard InChI is InChI=1S/C23H27N3O3S/c1-23(2,3)25(4)22(27)20-21-15(19-8-7-9-30-19)10-14-11-17(28-5)18(29-6)12-16(14)26(21)13-24-20/h7-9,11-13,15H,10H2,1-6H3. The number of methoxy groups -OCH3 is 2. The van der Waals surface area contributed by atoms with Crippen molar-refractivity contribution in [1.82, 2.24) is 14.5 Å². The van der Waals surface area contributed by atoms with E-state index < -0.39 is 0 Å². The first kappa shape index (κ1) is 20.5. The maximum atomic E-state index is 13.4. The Bertz CT molecular complexity index is 1080. The second-order valence-electron chi connectivity index (χ2n) is 8.49. The van der Waals surface area contributed by atoms with Crippen molar-refractivity contribution in [3.63, 3.8) is 0 Å². The van der Waals surface area contributed by atoms with Crippen LogP contribution in [0.2, 0.25) is 0 Å². The van der Waals surface area contributed by atoms with Gasteiger partial charge in [0, 0.05) is 29.4 Å². The number of benzene rings is 1. The Morgan fingerprint density at radius 1 is 1.23 bits per heavy atom. The molecule has 0 aliphatic carbocycles. The molecule has 1 unspecified atom stereocenters. The lowest BCUT2D eigenvalue weighted by atomic mass is 9.88. The zero-order valence-electron chi connectivity index (χ0n) is 18.2. The molecule has 0 bridgehead atoms. The lowest BCUT2D eigenvalue weighted by molar-refractivity contribution is 0.0648. The monoisotopic (exact) mass is 425 g/mol. The molecule has 1 aromatic carbocycles. The number of aromatic nitrogens is 2. The molecule has 1 aliphatic heterocycles. The van der Waals surface area contributed by atoms with Gasteiger partial charge >= 0.3 is 0 Å². The van der Waals surface area contributed by atoms with Crippen molar-refractivity contribution in [3.8, 4) is 17.2 Å².